The second kappa shape index (κ2) is 47.9. The van der Waals surface area contributed by atoms with Crippen LogP contribution < -0.4 is 0 Å². The van der Waals surface area contributed by atoms with Crippen molar-refractivity contribution < 1.29 is 37.3 Å². The van der Waals surface area contributed by atoms with Gasteiger partial charge in [0.15, 0.2) is 0 Å². The summed E-state index contributed by atoms with van der Waals surface area (Å²) in [6.07, 6.45) is 65.9. The van der Waals surface area contributed by atoms with Crippen molar-refractivity contribution in [2.24, 2.45) is 0 Å². The summed E-state index contributed by atoms with van der Waals surface area (Å²) in [6.45, 7) is 5.44. The second-order valence-corrected chi connectivity index (χ2v) is 19.6. The van der Waals surface area contributed by atoms with Crippen LogP contribution >= 0.6 is 7.82 Å². The fourth-order valence-corrected chi connectivity index (χ4v) is 7.39. The molecule has 0 amide bonds. The van der Waals surface area contributed by atoms with Crippen LogP contribution in [0.3, 0.4) is 0 Å². The Balaban J connectivity index is 4.21. The van der Waals surface area contributed by atoms with E-state index in [4.69, 9.17) is 18.5 Å². The molecule has 0 heterocycles. The molecule has 0 spiro atoms. The predicted octanol–water partition coefficient (Wildman–Crippen LogP) is 16.2. The number of phosphoric acid groups is 1. The van der Waals surface area contributed by atoms with Gasteiger partial charge in [-0.2, -0.15) is 0 Å². The van der Waals surface area contributed by atoms with Gasteiger partial charge in [0, 0.05) is 13.0 Å². The van der Waals surface area contributed by atoms with Crippen LogP contribution in [-0.2, 0) is 27.9 Å². The minimum Gasteiger partial charge on any atom is -0.457 e. The number of rotatable bonds is 47. The van der Waals surface area contributed by atoms with Crippen molar-refractivity contribution in [3.05, 3.63) is 97.2 Å². The number of likely N-dealkylation sites (N-methyl/N-ethyl adjacent to an activating group) is 1. The lowest BCUT2D eigenvalue weighted by Crippen LogP contribution is -2.37. The van der Waals surface area contributed by atoms with Gasteiger partial charge < -0.3 is 18.9 Å². The smallest absolute Gasteiger partial charge is 0.457 e. The summed E-state index contributed by atoms with van der Waals surface area (Å²) < 4.78 is 35.1. The molecule has 0 aliphatic heterocycles. The third kappa shape index (κ3) is 52.3. The van der Waals surface area contributed by atoms with E-state index >= 15 is 0 Å². The van der Waals surface area contributed by atoms with Gasteiger partial charge in [-0.3, -0.25) is 13.8 Å². The number of hydrogen-bond donors (Lipinski definition) is 1. The highest BCUT2D eigenvalue weighted by atomic mass is 31.2. The Labute approximate surface area is 400 Å². The molecule has 0 fully saturated rings. The number of allylic oxidation sites excluding steroid dienone is 16. The van der Waals surface area contributed by atoms with Crippen LogP contribution in [0.1, 0.15) is 194 Å². The Hall–Kier alpha value is -2.58. The third-order valence-corrected chi connectivity index (χ3v) is 11.6. The minimum absolute atomic E-state index is 0.0788. The first kappa shape index (κ1) is 62.4. The Morgan fingerprint density at radius 1 is 0.492 bits per heavy atom. The van der Waals surface area contributed by atoms with Crippen molar-refractivity contribution in [3.8, 4) is 0 Å². The van der Waals surface area contributed by atoms with E-state index in [-0.39, 0.29) is 25.8 Å². The maximum Gasteiger partial charge on any atom is 0.472 e. The molecule has 0 aromatic carbocycles. The molecule has 374 valence electrons. The van der Waals surface area contributed by atoms with Crippen molar-refractivity contribution >= 4 is 13.8 Å². The first-order chi connectivity index (χ1) is 31.6. The van der Waals surface area contributed by atoms with Crippen LogP contribution in [0.15, 0.2) is 97.2 Å². The molecule has 0 aliphatic carbocycles. The molecule has 0 saturated heterocycles. The van der Waals surface area contributed by atoms with E-state index in [0.29, 0.717) is 24.1 Å². The van der Waals surface area contributed by atoms with Gasteiger partial charge in [-0.05, 0) is 96.3 Å². The van der Waals surface area contributed by atoms with E-state index in [1.54, 1.807) is 0 Å². The fraction of sp³-hybridized carbons (Fsp3) is 0.696. The van der Waals surface area contributed by atoms with Crippen molar-refractivity contribution in [3.63, 3.8) is 0 Å². The third-order valence-electron chi connectivity index (χ3n) is 10.6. The number of nitrogens with zero attached hydrogens (tertiary/aromatic N) is 1. The molecule has 2 atom stereocenters. The molecule has 0 radical (unpaired) electrons. The number of carbonyl (C=O) groups excluding carboxylic acids is 1. The minimum atomic E-state index is -4.29. The molecule has 0 bridgehead atoms. The van der Waals surface area contributed by atoms with E-state index in [0.717, 1.165) is 89.9 Å². The van der Waals surface area contributed by atoms with Gasteiger partial charge in [0.05, 0.1) is 34.4 Å². The SMILES string of the molecule is CC/C=C\C/C=C\C/C=C\C/C=C\C/C=C\C/C=C\CCCCCCCCC(=O)OC(COCCCCCCCCCC/C=C\C/C=C\CCCCC)COP(=O)(O)OCC[N+](C)(C)C. The number of carbonyl (C=O) groups is 1. The zero-order valence-electron chi connectivity index (χ0n) is 42.4. The lowest BCUT2D eigenvalue weighted by molar-refractivity contribution is -0.870. The quantitative estimate of drug-likeness (QED) is 0.0214. The van der Waals surface area contributed by atoms with Gasteiger partial charge in [-0.1, -0.05) is 188 Å². The van der Waals surface area contributed by atoms with Crippen LogP contribution in [0.5, 0.6) is 0 Å². The summed E-state index contributed by atoms with van der Waals surface area (Å²) in [5.41, 5.74) is 0. The van der Waals surface area contributed by atoms with Crippen molar-refractivity contribution in [2.45, 2.75) is 200 Å². The molecule has 0 aromatic heterocycles. The number of ether oxygens (including phenoxy) is 2. The number of phosphoric ester groups is 1. The summed E-state index contributed by atoms with van der Waals surface area (Å²) in [5.74, 6) is -0.333. The molecule has 1 N–H and O–H groups in total. The van der Waals surface area contributed by atoms with Crippen molar-refractivity contribution in [1.29, 1.82) is 0 Å². The average molecular weight is 929 g/mol. The second-order valence-electron chi connectivity index (χ2n) is 18.2. The van der Waals surface area contributed by atoms with Gasteiger partial charge >= 0.3 is 13.8 Å². The highest BCUT2D eigenvalue weighted by Gasteiger charge is 2.26. The highest BCUT2D eigenvalue weighted by molar-refractivity contribution is 7.47. The first-order valence-electron chi connectivity index (χ1n) is 26.0. The van der Waals surface area contributed by atoms with E-state index in [1.165, 1.54) is 83.5 Å². The lowest BCUT2D eigenvalue weighted by atomic mass is 10.1. The van der Waals surface area contributed by atoms with Crippen LogP contribution in [0.25, 0.3) is 0 Å². The van der Waals surface area contributed by atoms with E-state index < -0.39 is 13.9 Å². The Morgan fingerprint density at radius 3 is 1.34 bits per heavy atom. The Morgan fingerprint density at radius 2 is 0.892 bits per heavy atom. The van der Waals surface area contributed by atoms with Crippen LogP contribution in [0.2, 0.25) is 0 Å². The normalized spacial score (nSPS) is 14.4. The average Bonchev–Trinajstić information content (AvgIpc) is 3.27. The van der Waals surface area contributed by atoms with Gasteiger partial charge in [0.2, 0.25) is 0 Å². The number of esters is 1. The summed E-state index contributed by atoms with van der Waals surface area (Å²) in [6, 6.07) is 0. The van der Waals surface area contributed by atoms with Crippen LogP contribution in [0, 0.1) is 0 Å². The topological polar surface area (TPSA) is 91.3 Å². The van der Waals surface area contributed by atoms with Crippen LogP contribution in [0.4, 0.5) is 0 Å². The molecule has 0 saturated carbocycles. The summed E-state index contributed by atoms with van der Waals surface area (Å²) in [5, 5.41) is 0. The fourth-order valence-electron chi connectivity index (χ4n) is 6.64. The number of unbranched alkanes of at least 4 members (excludes halogenated alkanes) is 17. The molecule has 65 heavy (non-hydrogen) atoms. The zero-order valence-corrected chi connectivity index (χ0v) is 43.3. The molecule has 0 rings (SSSR count). The number of hydrogen-bond acceptors (Lipinski definition) is 6. The van der Waals surface area contributed by atoms with Gasteiger partial charge in [-0.15, -0.1) is 0 Å². The monoisotopic (exact) mass is 929 g/mol. The molecular weight excluding hydrogens is 830 g/mol. The molecular formula is C56H99NO7P+. The van der Waals surface area contributed by atoms with Gasteiger partial charge in [0.25, 0.3) is 0 Å². The molecule has 9 heteroatoms. The summed E-state index contributed by atoms with van der Waals surface area (Å²) >= 11 is 0. The van der Waals surface area contributed by atoms with E-state index in [1.807, 2.05) is 21.1 Å². The van der Waals surface area contributed by atoms with E-state index in [2.05, 4.69) is 111 Å². The van der Waals surface area contributed by atoms with Gasteiger partial charge in [-0.25, -0.2) is 4.57 Å². The lowest BCUT2D eigenvalue weighted by Gasteiger charge is -2.24. The Bertz CT molecular complexity index is 1360. The van der Waals surface area contributed by atoms with Crippen LogP contribution in [-0.4, -0.2) is 75.6 Å². The Kier molecular flexibility index (Phi) is 46.0. The maximum atomic E-state index is 12.8. The maximum absolute atomic E-state index is 12.8. The predicted molar refractivity (Wildman–Crippen MR) is 279 cm³/mol. The summed E-state index contributed by atoms with van der Waals surface area (Å²) in [7, 11) is 1.64. The highest BCUT2D eigenvalue weighted by Crippen LogP contribution is 2.43. The van der Waals surface area contributed by atoms with Crippen molar-refractivity contribution in [2.75, 3.05) is 54.1 Å². The largest absolute Gasteiger partial charge is 0.472 e. The zero-order chi connectivity index (χ0) is 47.6. The summed E-state index contributed by atoms with van der Waals surface area (Å²) in [4.78, 5) is 23.0. The molecule has 2 unspecified atom stereocenters. The number of quaternary nitrogens is 1. The van der Waals surface area contributed by atoms with Gasteiger partial charge in [0.1, 0.15) is 19.3 Å². The first-order valence-corrected chi connectivity index (χ1v) is 27.5. The standard InChI is InChI=1S/C56H98NO7P/c1-6-8-10-12-14-16-18-20-22-24-26-27-28-29-30-31-32-33-35-37-39-41-43-45-47-49-56(58)64-55(54-63-65(59,60)62-52-50-57(3,4)5)53-61-51-48-46-44-42-40-38-36-34-25-23-21-19-17-15-13-11-9-7-2/h8,10,14-17,20-23,26-27,29-30,32-33,55H,6-7,9,11-13,18-19,24-25,28,31,34-54H2,1-5H3/p+1/b10-8-,16-14-,17-15-,22-20-,23-21-,27-26-,30-29-,33-32-. The van der Waals surface area contributed by atoms with Crippen molar-refractivity contribution in [1.82, 2.24) is 0 Å². The van der Waals surface area contributed by atoms with E-state index in [9.17, 15) is 14.3 Å². The molecule has 0 aliphatic rings. The molecule has 0 aromatic rings. The molecule has 8 nitrogen and oxygen atoms in total.